The van der Waals surface area contributed by atoms with Crippen molar-refractivity contribution in [2.45, 2.75) is 26.9 Å². The van der Waals surface area contributed by atoms with E-state index in [0.29, 0.717) is 6.61 Å². The van der Waals surface area contributed by atoms with E-state index in [1.165, 1.54) is 17.7 Å². The first kappa shape index (κ1) is 12.6. The predicted octanol–water partition coefficient (Wildman–Crippen LogP) is 4.28. The van der Waals surface area contributed by atoms with Crippen LogP contribution in [0.4, 0.5) is 4.39 Å². The zero-order valence-corrected chi connectivity index (χ0v) is 10.7. The summed E-state index contributed by atoms with van der Waals surface area (Å²) in [6.07, 6.45) is 0.929. The monoisotopic (exact) mass is 244 g/mol. The van der Waals surface area contributed by atoms with Gasteiger partial charge in [-0.15, -0.1) is 0 Å². The van der Waals surface area contributed by atoms with Gasteiger partial charge in [0.1, 0.15) is 18.2 Å². The summed E-state index contributed by atoms with van der Waals surface area (Å²) in [6, 6.07) is 12.7. The molecule has 0 N–H and O–H groups in total. The van der Waals surface area contributed by atoms with Gasteiger partial charge in [-0.25, -0.2) is 4.39 Å². The van der Waals surface area contributed by atoms with Gasteiger partial charge in [-0.3, -0.25) is 0 Å². The average molecular weight is 244 g/mol. The second-order valence-corrected chi connectivity index (χ2v) is 4.32. The van der Waals surface area contributed by atoms with Crippen LogP contribution >= 0.6 is 0 Å². The van der Waals surface area contributed by atoms with Crippen LogP contribution < -0.4 is 4.74 Å². The molecular weight excluding hydrogens is 227 g/mol. The van der Waals surface area contributed by atoms with Gasteiger partial charge < -0.3 is 4.74 Å². The third-order valence-corrected chi connectivity index (χ3v) is 3.05. The molecule has 0 aliphatic heterocycles. The number of hydrogen-bond acceptors (Lipinski definition) is 1. The van der Waals surface area contributed by atoms with Crippen molar-refractivity contribution in [3.8, 4) is 5.75 Å². The third kappa shape index (κ3) is 2.89. The normalized spacial score (nSPS) is 10.4. The smallest absolute Gasteiger partial charge is 0.123 e. The molecule has 1 nitrogen and oxygen atoms in total. The Morgan fingerprint density at radius 2 is 1.83 bits per heavy atom. The van der Waals surface area contributed by atoms with Gasteiger partial charge in [0.15, 0.2) is 0 Å². The zero-order chi connectivity index (χ0) is 13.0. The highest BCUT2D eigenvalue weighted by molar-refractivity contribution is 5.34. The van der Waals surface area contributed by atoms with Crippen LogP contribution in [-0.2, 0) is 13.0 Å². The molecule has 2 heteroatoms. The van der Waals surface area contributed by atoms with Crippen molar-refractivity contribution < 1.29 is 9.13 Å². The van der Waals surface area contributed by atoms with Crippen molar-refractivity contribution in [3.05, 3.63) is 65.0 Å². The van der Waals surface area contributed by atoms with Gasteiger partial charge in [0.25, 0.3) is 0 Å². The second-order valence-electron chi connectivity index (χ2n) is 4.32. The van der Waals surface area contributed by atoms with E-state index in [1.54, 1.807) is 6.07 Å². The maximum absolute atomic E-state index is 13.2. The van der Waals surface area contributed by atoms with Crippen molar-refractivity contribution >= 4 is 0 Å². The van der Waals surface area contributed by atoms with Gasteiger partial charge in [-0.05, 0) is 48.2 Å². The van der Waals surface area contributed by atoms with E-state index >= 15 is 0 Å². The number of para-hydroxylation sites is 1. The second kappa shape index (κ2) is 5.67. The van der Waals surface area contributed by atoms with Crippen LogP contribution in [0.1, 0.15) is 23.6 Å². The minimum absolute atomic E-state index is 0.219. The predicted molar refractivity (Wildman–Crippen MR) is 71.3 cm³/mol. The lowest BCUT2D eigenvalue weighted by Gasteiger charge is -2.11. The van der Waals surface area contributed by atoms with Crippen molar-refractivity contribution in [2.75, 3.05) is 0 Å². The minimum Gasteiger partial charge on any atom is -0.489 e. The zero-order valence-electron chi connectivity index (χ0n) is 10.7. The first-order valence-electron chi connectivity index (χ1n) is 6.16. The molecule has 0 saturated carbocycles. The van der Waals surface area contributed by atoms with Gasteiger partial charge in [-0.2, -0.15) is 0 Å². The van der Waals surface area contributed by atoms with Crippen LogP contribution in [0.15, 0.2) is 42.5 Å². The number of aryl methyl sites for hydroxylation is 2. The van der Waals surface area contributed by atoms with Crippen LogP contribution in [0.3, 0.4) is 0 Å². The van der Waals surface area contributed by atoms with E-state index in [1.807, 2.05) is 31.2 Å². The molecule has 0 aliphatic rings. The molecule has 18 heavy (non-hydrogen) atoms. The van der Waals surface area contributed by atoms with Gasteiger partial charge in [-0.1, -0.05) is 31.2 Å². The van der Waals surface area contributed by atoms with Gasteiger partial charge in [0, 0.05) is 0 Å². The Hall–Kier alpha value is -1.83. The third-order valence-electron chi connectivity index (χ3n) is 3.05. The minimum atomic E-state index is -0.219. The Balaban J connectivity index is 2.14. The van der Waals surface area contributed by atoms with Crippen molar-refractivity contribution in [2.24, 2.45) is 0 Å². The van der Waals surface area contributed by atoms with Crippen LogP contribution in [0.25, 0.3) is 0 Å². The number of halogens is 1. The topological polar surface area (TPSA) is 9.23 Å². The Kier molecular flexibility index (Phi) is 3.98. The molecule has 0 fully saturated rings. The summed E-state index contributed by atoms with van der Waals surface area (Å²) in [6.45, 7) is 4.46. The summed E-state index contributed by atoms with van der Waals surface area (Å²) >= 11 is 0. The fourth-order valence-corrected chi connectivity index (χ4v) is 1.89. The maximum Gasteiger partial charge on any atom is 0.123 e. The van der Waals surface area contributed by atoms with Gasteiger partial charge >= 0.3 is 0 Å². The molecule has 0 unspecified atom stereocenters. The Morgan fingerprint density at radius 3 is 2.61 bits per heavy atom. The van der Waals surface area contributed by atoms with Crippen LogP contribution in [0.5, 0.6) is 5.75 Å². The number of hydrogen-bond donors (Lipinski definition) is 0. The number of rotatable bonds is 4. The van der Waals surface area contributed by atoms with Crippen molar-refractivity contribution in [1.29, 1.82) is 0 Å². The highest BCUT2D eigenvalue weighted by atomic mass is 19.1. The summed E-state index contributed by atoms with van der Waals surface area (Å²) < 4.78 is 18.9. The fourth-order valence-electron chi connectivity index (χ4n) is 1.89. The molecule has 0 atom stereocenters. The molecule has 0 aromatic heterocycles. The summed E-state index contributed by atoms with van der Waals surface area (Å²) in [5.41, 5.74) is 3.11. The van der Waals surface area contributed by atoms with Crippen molar-refractivity contribution in [1.82, 2.24) is 0 Å². The SMILES string of the molecule is CCc1ccccc1OCc1cc(F)ccc1C. The first-order valence-corrected chi connectivity index (χ1v) is 6.16. The molecular formula is C16H17FO. The number of benzene rings is 2. The molecule has 0 heterocycles. The lowest BCUT2D eigenvalue weighted by atomic mass is 10.1. The van der Waals surface area contributed by atoms with Gasteiger partial charge in [0.2, 0.25) is 0 Å². The maximum atomic E-state index is 13.2. The standard InChI is InChI=1S/C16H17FO/c1-3-13-6-4-5-7-16(13)18-11-14-10-15(17)9-8-12(14)2/h4-10H,3,11H2,1-2H3. The molecule has 2 aromatic carbocycles. The molecule has 0 bridgehead atoms. The summed E-state index contributed by atoms with van der Waals surface area (Å²) in [5, 5.41) is 0. The lowest BCUT2D eigenvalue weighted by Crippen LogP contribution is -2.00. The first-order chi connectivity index (χ1) is 8.70. The van der Waals surface area contributed by atoms with E-state index in [4.69, 9.17) is 4.74 Å². The molecule has 0 saturated heterocycles. The highest BCUT2D eigenvalue weighted by Crippen LogP contribution is 2.20. The van der Waals surface area contributed by atoms with E-state index < -0.39 is 0 Å². The lowest BCUT2D eigenvalue weighted by molar-refractivity contribution is 0.301. The molecule has 2 rings (SSSR count). The highest BCUT2D eigenvalue weighted by Gasteiger charge is 2.04. The summed E-state index contributed by atoms with van der Waals surface area (Å²) in [7, 11) is 0. The van der Waals surface area contributed by atoms with Crippen molar-refractivity contribution in [3.63, 3.8) is 0 Å². The fraction of sp³-hybridized carbons (Fsp3) is 0.250. The molecule has 94 valence electrons. The Morgan fingerprint density at radius 1 is 1.06 bits per heavy atom. The van der Waals surface area contributed by atoms with E-state index in [0.717, 1.165) is 23.3 Å². The molecule has 0 amide bonds. The van der Waals surface area contributed by atoms with Crippen LogP contribution in [-0.4, -0.2) is 0 Å². The van der Waals surface area contributed by atoms with E-state index in [9.17, 15) is 4.39 Å². The largest absolute Gasteiger partial charge is 0.489 e. The summed E-state index contributed by atoms with van der Waals surface area (Å²) in [4.78, 5) is 0. The van der Waals surface area contributed by atoms with Crippen LogP contribution in [0, 0.1) is 12.7 Å². The number of ether oxygens (including phenoxy) is 1. The van der Waals surface area contributed by atoms with E-state index in [2.05, 4.69) is 6.92 Å². The molecule has 2 aromatic rings. The average Bonchev–Trinajstić information content (AvgIpc) is 2.40. The quantitative estimate of drug-likeness (QED) is 0.780. The van der Waals surface area contributed by atoms with Crippen LogP contribution in [0.2, 0.25) is 0 Å². The van der Waals surface area contributed by atoms with Gasteiger partial charge in [0.05, 0.1) is 0 Å². The Labute approximate surface area is 107 Å². The Bertz CT molecular complexity index is 534. The molecule has 0 spiro atoms. The van der Waals surface area contributed by atoms with E-state index in [-0.39, 0.29) is 5.82 Å². The molecule has 0 aliphatic carbocycles. The summed E-state index contributed by atoms with van der Waals surface area (Å²) in [5.74, 6) is 0.659. The molecule has 0 radical (unpaired) electrons.